The number of ketones is 2. The minimum absolute atomic E-state index is 0.224. The number of carbonyl (C=O) groups is 2. The van der Waals surface area contributed by atoms with Gasteiger partial charge in [0.25, 0.3) is 5.56 Å². The molecule has 1 aliphatic heterocycles. The Kier molecular flexibility index (Phi) is 12.4. The summed E-state index contributed by atoms with van der Waals surface area (Å²) in [4.78, 5) is 55.8. The fraction of sp³-hybridized carbons (Fsp3) is 0.283. The number of H-pyrrole nitrogens is 1. The molecule has 5 atom stereocenters. The van der Waals surface area contributed by atoms with E-state index in [9.17, 15) is 34.5 Å². The molecule has 1 fully saturated rings. The lowest BCUT2D eigenvalue weighted by atomic mass is 9.62. The van der Waals surface area contributed by atoms with Crippen LogP contribution in [0.5, 0.6) is 5.75 Å². The highest BCUT2D eigenvalue weighted by atomic mass is 19.2. The van der Waals surface area contributed by atoms with Gasteiger partial charge in [-0.1, -0.05) is 163 Å². The van der Waals surface area contributed by atoms with E-state index in [1.54, 1.807) is 104 Å². The van der Waals surface area contributed by atoms with Crippen LogP contribution in [0.4, 0.5) is 4.39 Å². The molecule has 0 spiro atoms. The van der Waals surface area contributed by atoms with Gasteiger partial charge in [-0.15, -0.1) is 0 Å². The molecule has 0 saturated carbocycles. The highest BCUT2D eigenvalue weighted by Gasteiger charge is 2.72. The van der Waals surface area contributed by atoms with E-state index >= 15 is 4.39 Å². The summed E-state index contributed by atoms with van der Waals surface area (Å²) < 4.78 is 29.7. The van der Waals surface area contributed by atoms with Crippen LogP contribution in [0.25, 0.3) is 6.08 Å². The molecule has 0 radical (unpaired) electrons. The van der Waals surface area contributed by atoms with Gasteiger partial charge in [-0.05, 0) is 51.3 Å². The molecule has 1 aliphatic rings. The molecule has 5 aromatic carbocycles. The van der Waals surface area contributed by atoms with Gasteiger partial charge in [-0.3, -0.25) is 19.4 Å². The average molecular weight is 881 g/mol. The topological polar surface area (TPSA) is 168 Å². The van der Waals surface area contributed by atoms with Crippen molar-refractivity contribution in [3.8, 4) is 5.75 Å². The maximum atomic E-state index is 17.7. The highest BCUT2D eigenvalue weighted by molar-refractivity contribution is 6.07. The van der Waals surface area contributed by atoms with Gasteiger partial charge in [0.15, 0.2) is 23.3 Å². The average Bonchev–Trinajstić information content (AvgIpc) is 3.50. The summed E-state index contributed by atoms with van der Waals surface area (Å²) >= 11 is 0. The number of halogens is 1. The van der Waals surface area contributed by atoms with Gasteiger partial charge in [0.2, 0.25) is 0 Å². The van der Waals surface area contributed by atoms with E-state index in [2.05, 4.69) is 0 Å². The van der Waals surface area contributed by atoms with E-state index < -0.39 is 52.3 Å². The molecule has 6 aromatic rings. The maximum absolute atomic E-state index is 17.7. The zero-order valence-corrected chi connectivity index (χ0v) is 37.3. The molecule has 12 heteroatoms. The first-order chi connectivity index (χ1) is 30.7. The van der Waals surface area contributed by atoms with Crippen LogP contribution in [0.1, 0.15) is 95.6 Å². The third kappa shape index (κ3) is 8.23. The van der Waals surface area contributed by atoms with Gasteiger partial charge in [-0.25, -0.2) is 9.36 Å². The fourth-order valence-electron chi connectivity index (χ4n) is 8.86. The summed E-state index contributed by atoms with van der Waals surface area (Å²) in [6, 6.07) is 36.2. The third-order valence-corrected chi connectivity index (χ3v) is 12.2. The third-order valence-electron chi connectivity index (χ3n) is 12.2. The number of aliphatic hydroxyl groups is 3. The number of ether oxygens (including phenoxy) is 2. The van der Waals surface area contributed by atoms with Crippen LogP contribution in [0.3, 0.4) is 0 Å². The number of rotatable bonds is 12. The van der Waals surface area contributed by atoms with Crippen molar-refractivity contribution in [2.75, 3.05) is 7.11 Å². The Morgan fingerprint density at radius 2 is 1.25 bits per heavy atom. The normalized spacial score (nSPS) is 20.7. The number of hydrogen-bond donors (Lipinski definition) is 4. The summed E-state index contributed by atoms with van der Waals surface area (Å²) in [5.41, 5.74) is -4.08. The number of aromatic nitrogens is 2. The SMILES string of the molecule is COc1c(C(C)(C)C)cc(C(=O)C=Cc2ccc(C(=O)[C@@]3(O)[C@@H](C(O)C(c4ccccc4)(c4ccccc4)c4ccccc4)O[C@@](F)(n4ccc(=O)[nH]c4=O)[C@@H]3O)cc2)cc1C(C)(C)C. The van der Waals surface area contributed by atoms with Crippen LogP contribution < -0.4 is 16.0 Å². The molecule has 1 saturated heterocycles. The molecule has 7 rings (SSSR count). The molecule has 0 aliphatic carbocycles. The van der Waals surface area contributed by atoms with Gasteiger partial charge in [-0.2, -0.15) is 4.39 Å². The van der Waals surface area contributed by atoms with Crippen LogP contribution in [0.2, 0.25) is 0 Å². The highest BCUT2D eigenvalue weighted by Crippen LogP contribution is 2.52. The molecule has 4 N–H and O–H groups in total. The monoisotopic (exact) mass is 880 g/mol. The minimum Gasteiger partial charge on any atom is -0.496 e. The van der Waals surface area contributed by atoms with Crippen molar-refractivity contribution < 1.29 is 38.8 Å². The first kappa shape index (κ1) is 46.4. The molecular formula is C53H53FN2O9. The van der Waals surface area contributed by atoms with Crippen LogP contribution in [-0.2, 0) is 27.0 Å². The van der Waals surface area contributed by atoms with Crippen molar-refractivity contribution in [2.45, 2.75) is 87.7 Å². The Morgan fingerprint density at radius 1 is 0.769 bits per heavy atom. The minimum atomic E-state index is -3.71. The number of carbonyl (C=O) groups excluding carboxylic acids is 2. The summed E-state index contributed by atoms with van der Waals surface area (Å²) in [5.74, 6) is -4.51. The number of aromatic amines is 1. The van der Waals surface area contributed by atoms with Crippen molar-refractivity contribution in [3.63, 3.8) is 0 Å². The van der Waals surface area contributed by atoms with Crippen LogP contribution in [0, 0.1) is 0 Å². The first-order valence-corrected chi connectivity index (χ1v) is 21.2. The van der Waals surface area contributed by atoms with Gasteiger partial charge in [0.1, 0.15) is 18.0 Å². The van der Waals surface area contributed by atoms with Crippen LogP contribution in [0.15, 0.2) is 155 Å². The number of aliphatic hydroxyl groups excluding tert-OH is 2. The van der Waals surface area contributed by atoms with Gasteiger partial charge in [0, 0.05) is 34.5 Å². The number of nitrogens with one attached hydrogen (secondary N) is 1. The van der Waals surface area contributed by atoms with Crippen LogP contribution in [-0.4, -0.2) is 67.5 Å². The smallest absolute Gasteiger partial charge is 0.332 e. The largest absolute Gasteiger partial charge is 0.496 e. The van der Waals surface area contributed by atoms with E-state index in [0.717, 1.165) is 29.1 Å². The molecule has 0 bridgehead atoms. The van der Waals surface area contributed by atoms with E-state index in [0.29, 0.717) is 27.8 Å². The molecule has 2 heterocycles. The molecule has 1 aromatic heterocycles. The number of methoxy groups -OCH3 is 1. The lowest BCUT2D eigenvalue weighted by Crippen LogP contribution is -2.63. The van der Waals surface area contributed by atoms with E-state index in [1.807, 2.05) is 58.7 Å². The van der Waals surface area contributed by atoms with Gasteiger partial charge in [0.05, 0.1) is 12.5 Å². The summed E-state index contributed by atoms with van der Waals surface area (Å²) in [5, 5.41) is 37.9. The van der Waals surface area contributed by atoms with E-state index in [-0.39, 0.29) is 26.7 Å². The molecule has 65 heavy (non-hydrogen) atoms. The Balaban J connectivity index is 1.33. The molecule has 1 unspecified atom stereocenters. The number of benzene rings is 5. The van der Waals surface area contributed by atoms with Gasteiger partial charge >= 0.3 is 11.7 Å². The van der Waals surface area contributed by atoms with Gasteiger partial charge < -0.3 is 24.8 Å². The predicted molar refractivity (Wildman–Crippen MR) is 246 cm³/mol. The molecule has 11 nitrogen and oxygen atoms in total. The summed E-state index contributed by atoms with van der Waals surface area (Å²) in [6.45, 7) is 12.3. The summed E-state index contributed by atoms with van der Waals surface area (Å²) in [7, 11) is 1.62. The number of allylic oxidation sites excluding steroid dienone is 1. The van der Waals surface area contributed by atoms with E-state index in [1.165, 1.54) is 30.3 Å². The number of nitrogens with zero attached hydrogens (tertiary/aromatic N) is 1. The molecular weight excluding hydrogens is 828 g/mol. The molecule has 0 amide bonds. The fourth-order valence-corrected chi connectivity index (χ4v) is 8.86. The van der Waals surface area contributed by atoms with Crippen molar-refractivity contribution in [1.82, 2.24) is 9.55 Å². The predicted octanol–water partition coefficient (Wildman–Crippen LogP) is 7.39. The Hall–Kier alpha value is -6.57. The van der Waals surface area contributed by atoms with Crippen LogP contribution >= 0.6 is 0 Å². The zero-order valence-electron chi connectivity index (χ0n) is 37.3. The van der Waals surface area contributed by atoms with Crippen molar-refractivity contribution in [1.29, 1.82) is 0 Å². The zero-order chi connectivity index (χ0) is 47.1. The first-order valence-electron chi connectivity index (χ1n) is 21.2. The standard InChI is InChI=1S/C53H53FN2O9/c1-49(2,3)39-31-35(32-40(43(39)64-7)50(4,5)6)41(57)28-25-33-23-26-34(27-24-33)44(59)52(63)46(65-53(54,47(52)61)56-30-29-42(58)55-48(56)62)45(60)51(36-17-11-8-12-18-36,37-19-13-9-14-20-37)38-21-15-10-16-22-38/h8-32,45-47,60-61,63H,1-7H3,(H,55,58,62)/t45?,46-,47-,52-,53+/m1/s1. The van der Waals surface area contributed by atoms with Crippen molar-refractivity contribution >= 4 is 17.6 Å². The lowest BCUT2D eigenvalue weighted by Gasteiger charge is -2.44. The van der Waals surface area contributed by atoms with Crippen molar-refractivity contribution in [2.24, 2.45) is 0 Å². The lowest BCUT2D eigenvalue weighted by molar-refractivity contribution is -0.248. The molecule has 336 valence electrons. The number of hydrogen-bond acceptors (Lipinski definition) is 9. The maximum Gasteiger partial charge on any atom is 0.332 e. The Bertz CT molecular complexity index is 2710. The number of Topliss-reactive ketones (excluding diaryl/α,β-unsaturated/α-hetero) is 1. The second-order valence-electron chi connectivity index (χ2n) is 18.5. The van der Waals surface area contributed by atoms with E-state index in [4.69, 9.17) is 9.47 Å². The Labute approximate surface area is 376 Å². The Morgan fingerprint density at radius 3 is 1.68 bits per heavy atom. The quantitative estimate of drug-likeness (QED) is 0.0557. The summed E-state index contributed by atoms with van der Waals surface area (Å²) in [6.07, 6.45) is -3.53. The number of alkyl halides is 1. The van der Waals surface area contributed by atoms with Crippen molar-refractivity contribution in [3.05, 3.63) is 211 Å². The second kappa shape index (κ2) is 17.4. The second-order valence-corrected chi connectivity index (χ2v) is 18.5.